The molecule has 0 aromatic heterocycles. The zero-order valence-corrected chi connectivity index (χ0v) is 11.9. The monoisotopic (exact) mass is 341 g/mol. The van der Waals surface area contributed by atoms with E-state index >= 15 is 0 Å². The van der Waals surface area contributed by atoms with E-state index in [-0.39, 0.29) is 17.9 Å². The van der Waals surface area contributed by atoms with Gasteiger partial charge in [-0.25, -0.2) is 4.79 Å². The molecule has 2 aromatic rings. The van der Waals surface area contributed by atoms with E-state index in [1.54, 1.807) is 6.07 Å². The molecule has 0 spiro atoms. The van der Waals surface area contributed by atoms with Crippen molar-refractivity contribution in [2.24, 2.45) is 0 Å². The minimum Gasteiger partial charge on any atom is -0.457 e. The lowest BCUT2D eigenvalue weighted by molar-refractivity contribution is -0.384. The fourth-order valence-electron chi connectivity index (χ4n) is 1.78. The minimum atomic E-state index is -4.82. The molecule has 0 aliphatic rings. The number of carbonyl (C=O) groups is 1. The third-order valence-corrected chi connectivity index (χ3v) is 2.81. The summed E-state index contributed by atoms with van der Waals surface area (Å²) in [6, 6.07) is 9.76. The van der Waals surface area contributed by atoms with Crippen LogP contribution in [0.3, 0.4) is 0 Å². The first-order valence-corrected chi connectivity index (χ1v) is 6.51. The van der Waals surface area contributed by atoms with E-state index < -0.39 is 23.0 Å². The topological polar surface area (TPSA) is 78.7 Å². The van der Waals surface area contributed by atoms with Crippen LogP contribution in [0, 0.1) is 10.1 Å². The van der Waals surface area contributed by atoms with Gasteiger partial charge in [0.2, 0.25) is 0 Å². The first-order valence-electron chi connectivity index (χ1n) is 6.51. The number of benzene rings is 2. The highest BCUT2D eigenvalue weighted by Gasteiger charge is 2.31. The lowest BCUT2D eigenvalue weighted by Crippen LogP contribution is -2.17. The van der Waals surface area contributed by atoms with Crippen LogP contribution in [0.4, 0.5) is 18.9 Å². The van der Waals surface area contributed by atoms with Crippen LogP contribution >= 0.6 is 0 Å². The quantitative estimate of drug-likeness (QED) is 0.469. The molecule has 0 N–H and O–H groups in total. The Morgan fingerprint density at radius 3 is 2.38 bits per heavy atom. The summed E-state index contributed by atoms with van der Waals surface area (Å²) in [6.07, 6.45) is -4.82. The van der Waals surface area contributed by atoms with Crippen molar-refractivity contribution in [3.63, 3.8) is 0 Å². The van der Waals surface area contributed by atoms with Gasteiger partial charge in [0.15, 0.2) is 0 Å². The van der Waals surface area contributed by atoms with Crippen molar-refractivity contribution in [1.29, 1.82) is 0 Å². The molecule has 0 bridgehead atoms. The van der Waals surface area contributed by atoms with Crippen LogP contribution in [-0.2, 0) is 11.3 Å². The second-order valence-electron chi connectivity index (χ2n) is 4.58. The Morgan fingerprint density at radius 2 is 1.79 bits per heavy atom. The van der Waals surface area contributed by atoms with E-state index in [4.69, 9.17) is 4.74 Å². The molecule has 0 heterocycles. The van der Waals surface area contributed by atoms with Crippen LogP contribution in [0.1, 0.15) is 15.9 Å². The fourth-order valence-corrected chi connectivity index (χ4v) is 1.78. The molecule has 6 nitrogen and oxygen atoms in total. The molecule has 0 aliphatic heterocycles. The van der Waals surface area contributed by atoms with Crippen molar-refractivity contribution in [2.45, 2.75) is 13.0 Å². The molecule has 9 heteroatoms. The molecule has 126 valence electrons. The van der Waals surface area contributed by atoms with Crippen molar-refractivity contribution >= 4 is 11.7 Å². The molecule has 0 amide bonds. The van der Waals surface area contributed by atoms with Gasteiger partial charge in [-0.3, -0.25) is 10.1 Å². The van der Waals surface area contributed by atoms with Gasteiger partial charge in [0.25, 0.3) is 5.69 Å². The van der Waals surface area contributed by atoms with E-state index in [1.165, 1.54) is 18.2 Å². The highest BCUT2D eigenvalue weighted by Crippen LogP contribution is 2.23. The van der Waals surface area contributed by atoms with Gasteiger partial charge >= 0.3 is 12.3 Å². The number of nitro benzene ring substituents is 1. The molecular formula is C15H10F3NO5. The van der Waals surface area contributed by atoms with E-state index in [0.717, 1.165) is 24.3 Å². The SMILES string of the molecule is O=C(OCc1cccc([N+](=O)[O-])c1)c1ccc(OC(F)(F)F)cc1. The normalized spacial score (nSPS) is 11.0. The average molecular weight is 341 g/mol. The summed E-state index contributed by atoms with van der Waals surface area (Å²) in [5, 5.41) is 10.6. The summed E-state index contributed by atoms with van der Waals surface area (Å²) in [7, 11) is 0. The summed E-state index contributed by atoms with van der Waals surface area (Å²) in [5.41, 5.74) is 0.293. The number of nitrogens with zero attached hydrogens (tertiary/aromatic N) is 1. The van der Waals surface area contributed by atoms with Crippen molar-refractivity contribution in [1.82, 2.24) is 0 Å². The number of alkyl halides is 3. The maximum atomic E-state index is 12.0. The summed E-state index contributed by atoms with van der Waals surface area (Å²) in [6.45, 7) is -0.207. The van der Waals surface area contributed by atoms with E-state index in [2.05, 4.69) is 4.74 Å². The predicted octanol–water partition coefficient (Wildman–Crippen LogP) is 3.85. The summed E-state index contributed by atoms with van der Waals surface area (Å²) in [4.78, 5) is 21.9. The molecule has 0 unspecified atom stereocenters. The first-order chi connectivity index (χ1) is 11.2. The Kier molecular flexibility index (Phi) is 5.02. The summed E-state index contributed by atoms with van der Waals surface area (Å²) in [5.74, 6) is -1.24. The van der Waals surface area contributed by atoms with E-state index in [0.29, 0.717) is 5.56 Å². The van der Waals surface area contributed by atoms with Crippen molar-refractivity contribution < 1.29 is 32.4 Å². The van der Waals surface area contributed by atoms with Crippen molar-refractivity contribution in [2.75, 3.05) is 0 Å². The van der Waals surface area contributed by atoms with Crippen LogP contribution in [0.15, 0.2) is 48.5 Å². The van der Waals surface area contributed by atoms with Gasteiger partial charge in [-0.05, 0) is 29.8 Å². The van der Waals surface area contributed by atoms with E-state index in [1.807, 2.05) is 0 Å². The number of ether oxygens (including phenoxy) is 2. The Bertz CT molecular complexity index is 744. The Labute approximate surface area is 133 Å². The van der Waals surface area contributed by atoms with Gasteiger partial charge in [-0.2, -0.15) is 0 Å². The number of nitro groups is 1. The second-order valence-corrected chi connectivity index (χ2v) is 4.58. The Morgan fingerprint density at radius 1 is 1.12 bits per heavy atom. The lowest BCUT2D eigenvalue weighted by Gasteiger charge is -2.09. The van der Waals surface area contributed by atoms with Crippen LogP contribution in [0.2, 0.25) is 0 Å². The zero-order chi connectivity index (χ0) is 17.7. The molecule has 2 rings (SSSR count). The van der Waals surface area contributed by atoms with Crippen molar-refractivity contribution in [3.8, 4) is 5.75 Å². The molecular weight excluding hydrogens is 331 g/mol. The Balaban J connectivity index is 1.97. The first kappa shape index (κ1) is 17.3. The number of rotatable bonds is 5. The van der Waals surface area contributed by atoms with Gasteiger partial charge in [0, 0.05) is 12.1 Å². The molecule has 0 aliphatic carbocycles. The highest BCUT2D eigenvalue weighted by molar-refractivity contribution is 5.89. The molecule has 0 saturated carbocycles. The summed E-state index contributed by atoms with van der Waals surface area (Å²) < 4.78 is 44.8. The zero-order valence-electron chi connectivity index (χ0n) is 11.9. The maximum absolute atomic E-state index is 12.0. The van der Waals surface area contributed by atoms with Crippen LogP contribution < -0.4 is 4.74 Å². The molecule has 0 saturated heterocycles. The maximum Gasteiger partial charge on any atom is 0.573 e. The average Bonchev–Trinajstić information content (AvgIpc) is 2.52. The predicted molar refractivity (Wildman–Crippen MR) is 75.3 cm³/mol. The van der Waals surface area contributed by atoms with Gasteiger partial charge < -0.3 is 9.47 Å². The molecule has 24 heavy (non-hydrogen) atoms. The Hall–Kier alpha value is -3.10. The van der Waals surface area contributed by atoms with Gasteiger partial charge in [-0.1, -0.05) is 12.1 Å². The number of hydrogen-bond acceptors (Lipinski definition) is 5. The van der Waals surface area contributed by atoms with Crippen LogP contribution in [0.25, 0.3) is 0 Å². The third kappa shape index (κ3) is 4.97. The number of esters is 1. The number of hydrogen-bond donors (Lipinski definition) is 0. The smallest absolute Gasteiger partial charge is 0.457 e. The van der Waals surface area contributed by atoms with Gasteiger partial charge in [0.05, 0.1) is 10.5 Å². The lowest BCUT2D eigenvalue weighted by atomic mass is 10.2. The van der Waals surface area contributed by atoms with Gasteiger partial charge in [0.1, 0.15) is 12.4 Å². The van der Waals surface area contributed by atoms with Crippen LogP contribution in [-0.4, -0.2) is 17.3 Å². The molecule has 0 fully saturated rings. The minimum absolute atomic E-state index is 0.0231. The molecule has 0 radical (unpaired) electrons. The number of carbonyl (C=O) groups excluding carboxylic acids is 1. The summed E-state index contributed by atoms with van der Waals surface area (Å²) >= 11 is 0. The van der Waals surface area contributed by atoms with Crippen molar-refractivity contribution in [3.05, 3.63) is 69.8 Å². The van der Waals surface area contributed by atoms with Gasteiger partial charge in [-0.15, -0.1) is 13.2 Å². The van der Waals surface area contributed by atoms with E-state index in [9.17, 15) is 28.1 Å². The molecule has 0 atom stereocenters. The fraction of sp³-hybridized carbons (Fsp3) is 0.133. The number of non-ortho nitro benzene ring substituents is 1. The second kappa shape index (κ2) is 6.99. The number of halogens is 3. The highest BCUT2D eigenvalue weighted by atomic mass is 19.4. The van der Waals surface area contributed by atoms with Crippen LogP contribution in [0.5, 0.6) is 5.75 Å². The standard InChI is InChI=1S/C15H10F3NO5/c16-15(17,18)24-13-6-4-11(5-7-13)14(20)23-9-10-2-1-3-12(8-10)19(21)22/h1-8H,9H2. The third-order valence-electron chi connectivity index (χ3n) is 2.81. The largest absolute Gasteiger partial charge is 0.573 e. The molecule has 2 aromatic carbocycles.